The van der Waals surface area contributed by atoms with Crippen LogP contribution in [-0.2, 0) is 15.1 Å². The second-order valence-electron chi connectivity index (χ2n) is 16.5. The van der Waals surface area contributed by atoms with Crippen LogP contribution in [-0.4, -0.2) is 49.0 Å². The number of Topliss-reactive ketones (excluding diaryl/α,β-unsaturated/α-hetero) is 1. The van der Waals surface area contributed by atoms with E-state index in [4.69, 9.17) is 4.98 Å². The van der Waals surface area contributed by atoms with Gasteiger partial charge >= 0.3 is 0 Å². The van der Waals surface area contributed by atoms with Crippen molar-refractivity contribution in [1.82, 2.24) is 19.9 Å². The Balaban J connectivity index is 0.000000175. The number of fused-ring (bicyclic) bond motifs is 11. The van der Waals surface area contributed by atoms with Crippen LogP contribution in [0.5, 0.6) is 5.88 Å². The molecule has 11 nitrogen and oxygen atoms in total. The van der Waals surface area contributed by atoms with E-state index in [0.717, 1.165) is 27.2 Å². The molecule has 4 aliphatic heterocycles. The number of rotatable bonds is 4. The highest BCUT2D eigenvalue weighted by Crippen LogP contribution is 2.56. The maximum atomic E-state index is 14.8. The van der Waals surface area contributed by atoms with E-state index in [1.54, 1.807) is 22.8 Å². The zero-order chi connectivity index (χ0) is 41.7. The first-order valence-corrected chi connectivity index (χ1v) is 20.4. The van der Waals surface area contributed by atoms with Crippen LogP contribution in [0.3, 0.4) is 0 Å². The van der Waals surface area contributed by atoms with Crippen molar-refractivity contribution in [3.63, 3.8) is 0 Å². The van der Waals surface area contributed by atoms with Crippen LogP contribution in [0.2, 0.25) is 0 Å². The molecule has 6 heterocycles. The number of para-hydroxylation sites is 4. The van der Waals surface area contributed by atoms with E-state index in [0.29, 0.717) is 57.0 Å². The molecule has 2 unspecified atom stereocenters. The third-order valence-electron chi connectivity index (χ3n) is 12.6. The normalized spacial score (nSPS) is 21.0. The van der Waals surface area contributed by atoms with E-state index in [2.05, 4.69) is 29.1 Å². The van der Waals surface area contributed by atoms with E-state index in [-0.39, 0.29) is 41.0 Å². The highest BCUT2D eigenvalue weighted by atomic mass is 16.3. The first-order chi connectivity index (χ1) is 29.7. The Hall–Kier alpha value is -7.50. The van der Waals surface area contributed by atoms with Crippen molar-refractivity contribution >= 4 is 67.3 Å². The minimum absolute atomic E-state index is 0.0221. The maximum Gasteiger partial charge on any atom is 0.266 e. The topological polar surface area (TPSA) is 150 Å². The molecule has 1 spiro atoms. The number of aliphatic imine (C=N–C) groups is 1. The van der Waals surface area contributed by atoms with Crippen molar-refractivity contribution in [2.24, 2.45) is 22.7 Å². The number of anilines is 1. The molecule has 11 heteroatoms. The van der Waals surface area contributed by atoms with E-state index < -0.39 is 17.4 Å². The van der Waals surface area contributed by atoms with Gasteiger partial charge in [0, 0.05) is 33.5 Å². The number of nitrogens with one attached hydrogen (secondary N) is 2. The molecular formula is C50H38N6O5. The molecule has 0 aliphatic carbocycles. The fraction of sp³-hybridized carbons (Fsp3) is 0.160. The molecule has 4 aliphatic rings. The van der Waals surface area contributed by atoms with Gasteiger partial charge < -0.3 is 10.1 Å². The smallest absolute Gasteiger partial charge is 0.266 e. The number of nitrogens with zero attached hydrogens (tertiary/aromatic N) is 4. The van der Waals surface area contributed by atoms with Gasteiger partial charge in [-0.15, -0.1) is 0 Å². The Kier molecular flexibility index (Phi) is 8.10. The number of carbonyl (C=O) groups is 3. The van der Waals surface area contributed by atoms with Gasteiger partial charge in [0.15, 0.2) is 5.88 Å². The number of aromatic hydroxyl groups is 1. The number of aromatic amines is 1. The van der Waals surface area contributed by atoms with Crippen LogP contribution in [0.1, 0.15) is 47.6 Å². The lowest BCUT2D eigenvalue weighted by molar-refractivity contribution is -0.123. The molecule has 0 bridgehead atoms. The monoisotopic (exact) mass is 802 g/mol. The molecule has 2 saturated heterocycles. The highest BCUT2D eigenvalue weighted by molar-refractivity contribution is 6.56. The summed E-state index contributed by atoms with van der Waals surface area (Å²) in [4.78, 5) is 69.3. The van der Waals surface area contributed by atoms with Crippen LogP contribution in [0, 0.1) is 17.8 Å². The molecule has 2 fully saturated rings. The second kappa shape index (κ2) is 13.5. The Morgan fingerprint density at radius 3 is 2.21 bits per heavy atom. The number of hydrogen-bond acceptors (Lipinski definition) is 8. The second-order valence-corrected chi connectivity index (χ2v) is 16.5. The van der Waals surface area contributed by atoms with E-state index >= 15 is 0 Å². The van der Waals surface area contributed by atoms with Crippen molar-refractivity contribution in [3.8, 4) is 11.6 Å². The fourth-order valence-corrected chi connectivity index (χ4v) is 10.2. The molecular weight excluding hydrogens is 765 g/mol. The molecule has 8 aromatic rings. The average Bonchev–Trinajstić information content (AvgIpc) is 4.03. The number of aromatic nitrogens is 3. The Morgan fingerprint density at radius 1 is 0.721 bits per heavy atom. The number of benzene rings is 6. The minimum atomic E-state index is -1.13. The Labute approximate surface area is 349 Å². The highest BCUT2D eigenvalue weighted by Gasteiger charge is 2.69. The van der Waals surface area contributed by atoms with Crippen LogP contribution in [0.25, 0.3) is 38.3 Å². The quantitative estimate of drug-likeness (QED) is 0.152. The molecule has 4 atom stereocenters. The standard InChI is InChI=1S/C34H28N4O3.C16H10N2O2/c1-19(2)18-25-28-29(32(41)37(31(28)40)26-17-9-11-20-10-3-4-12-21(20)26)34(36-25)23-14-6-8-16-27(23)38-30(39)22-13-5-7-15-24(22)35-33(34)38;19-15-10-6-2-4-8-12(10)17-14(15)13-9-5-1-3-7-11(9)18-16(13)20/h3-17,19,25,28-29,36H,18H2,1-2H3;1-8,18,20H/t25?,28-,29+,34?;/m0./s1. The minimum Gasteiger partial charge on any atom is -0.494 e. The number of ketones is 1. The summed E-state index contributed by atoms with van der Waals surface area (Å²) in [5, 5.41) is 17.0. The van der Waals surface area contributed by atoms with E-state index in [9.17, 15) is 24.3 Å². The van der Waals surface area contributed by atoms with Gasteiger partial charge in [0.2, 0.25) is 17.6 Å². The van der Waals surface area contributed by atoms with Gasteiger partial charge in [-0.05, 0) is 60.2 Å². The van der Waals surface area contributed by atoms with Gasteiger partial charge in [-0.3, -0.25) is 29.1 Å². The Morgan fingerprint density at radius 2 is 1.39 bits per heavy atom. The number of hydrogen-bond donors (Lipinski definition) is 3. The molecule has 6 aromatic carbocycles. The molecule has 2 aromatic heterocycles. The summed E-state index contributed by atoms with van der Waals surface area (Å²) in [5.41, 5.74) is 4.15. The van der Waals surface area contributed by atoms with Gasteiger partial charge in [-0.25, -0.2) is 14.9 Å². The van der Waals surface area contributed by atoms with E-state index in [1.165, 1.54) is 4.90 Å². The van der Waals surface area contributed by atoms with Gasteiger partial charge in [0.05, 0.1) is 45.4 Å². The van der Waals surface area contributed by atoms with Crippen molar-refractivity contribution < 1.29 is 19.5 Å². The maximum absolute atomic E-state index is 14.8. The summed E-state index contributed by atoms with van der Waals surface area (Å²) in [7, 11) is 0. The summed E-state index contributed by atoms with van der Waals surface area (Å²) >= 11 is 0. The first-order valence-electron chi connectivity index (χ1n) is 20.4. The lowest BCUT2D eigenvalue weighted by Crippen LogP contribution is -2.50. The van der Waals surface area contributed by atoms with Gasteiger partial charge in [-0.2, -0.15) is 0 Å². The molecule has 61 heavy (non-hydrogen) atoms. The average molecular weight is 803 g/mol. The molecule has 2 amide bonds. The van der Waals surface area contributed by atoms with Crippen molar-refractivity contribution in [2.45, 2.75) is 31.8 Å². The number of imide groups is 1. The summed E-state index contributed by atoms with van der Waals surface area (Å²) < 4.78 is 1.65. The molecule has 3 N–H and O–H groups in total. The molecule has 0 saturated carbocycles. The SMILES string of the molecule is CC(C)CC1NC2(c3ccccc3-n3c2nc2ccccc2c3=O)[C@H]2C(=O)N(c3cccc4ccccc34)C(=O)[C@@H]12.O=C1C(c2c(O)[nH]c3ccccc23)=Nc2ccccc21. The Bertz CT molecular complexity index is 3290. The number of amides is 2. The van der Waals surface area contributed by atoms with Crippen LogP contribution in [0.4, 0.5) is 11.4 Å². The predicted octanol–water partition coefficient (Wildman–Crippen LogP) is 8.11. The van der Waals surface area contributed by atoms with Crippen LogP contribution >= 0.6 is 0 Å². The van der Waals surface area contributed by atoms with Gasteiger partial charge in [-0.1, -0.05) is 111 Å². The summed E-state index contributed by atoms with van der Waals surface area (Å²) in [6, 6.07) is 42.9. The van der Waals surface area contributed by atoms with E-state index in [1.807, 2.05) is 121 Å². The van der Waals surface area contributed by atoms with Gasteiger partial charge in [0.25, 0.3) is 5.56 Å². The van der Waals surface area contributed by atoms with Gasteiger partial charge in [0.1, 0.15) is 17.1 Å². The zero-order valence-electron chi connectivity index (χ0n) is 33.2. The molecule has 12 rings (SSSR count). The third kappa shape index (κ3) is 5.20. The van der Waals surface area contributed by atoms with Crippen molar-refractivity contribution in [2.75, 3.05) is 4.90 Å². The predicted molar refractivity (Wildman–Crippen MR) is 235 cm³/mol. The lowest BCUT2D eigenvalue weighted by Gasteiger charge is -2.32. The summed E-state index contributed by atoms with van der Waals surface area (Å²) in [6.07, 6.45) is 0.700. The van der Waals surface area contributed by atoms with Crippen LogP contribution < -0.4 is 15.8 Å². The number of H-pyrrole nitrogens is 1. The third-order valence-corrected chi connectivity index (χ3v) is 12.6. The summed E-state index contributed by atoms with van der Waals surface area (Å²) in [5.74, 6) is -1.25. The first kappa shape index (κ1) is 36.6. The lowest BCUT2D eigenvalue weighted by atomic mass is 9.75. The van der Waals surface area contributed by atoms with Crippen LogP contribution in [0.15, 0.2) is 149 Å². The van der Waals surface area contributed by atoms with Crippen molar-refractivity contribution in [1.29, 1.82) is 0 Å². The summed E-state index contributed by atoms with van der Waals surface area (Å²) in [6.45, 7) is 4.25. The molecule has 298 valence electrons. The largest absolute Gasteiger partial charge is 0.494 e. The number of carbonyl (C=O) groups excluding carboxylic acids is 3. The molecule has 0 radical (unpaired) electrons. The fourth-order valence-electron chi connectivity index (χ4n) is 10.2. The zero-order valence-corrected chi connectivity index (χ0v) is 33.2. The van der Waals surface area contributed by atoms with Crippen molar-refractivity contribution in [3.05, 3.63) is 172 Å².